The predicted molar refractivity (Wildman–Crippen MR) is 68.8 cm³/mol. The zero-order valence-corrected chi connectivity index (χ0v) is 10.9. The van der Waals surface area contributed by atoms with E-state index in [1.165, 1.54) is 0 Å². The molecule has 0 spiro atoms. The molecule has 1 aromatic heterocycles. The molecule has 0 saturated carbocycles. The van der Waals surface area contributed by atoms with Crippen molar-refractivity contribution in [1.82, 2.24) is 9.88 Å². The zero-order chi connectivity index (χ0) is 12.4. The summed E-state index contributed by atoms with van der Waals surface area (Å²) in [5.41, 5.74) is 10.2. The van der Waals surface area contributed by atoms with Gasteiger partial charge in [0.15, 0.2) is 0 Å². The van der Waals surface area contributed by atoms with Crippen LogP contribution >= 0.6 is 0 Å². The van der Waals surface area contributed by atoms with Crippen LogP contribution in [-0.2, 0) is 11.3 Å². The van der Waals surface area contributed by atoms with Gasteiger partial charge < -0.3 is 10.5 Å². The number of rotatable bonds is 2. The average Bonchev–Trinajstić information content (AvgIpc) is 2.32. The second kappa shape index (κ2) is 5.02. The van der Waals surface area contributed by atoms with Gasteiger partial charge in [0.05, 0.1) is 18.9 Å². The molecular formula is C13H21N3O. The van der Waals surface area contributed by atoms with Gasteiger partial charge in [-0.2, -0.15) is 0 Å². The summed E-state index contributed by atoms with van der Waals surface area (Å²) < 4.78 is 5.44. The molecule has 0 bridgehead atoms. The van der Waals surface area contributed by atoms with Gasteiger partial charge in [0.25, 0.3) is 0 Å². The van der Waals surface area contributed by atoms with E-state index in [4.69, 9.17) is 10.5 Å². The van der Waals surface area contributed by atoms with E-state index in [1.54, 1.807) is 0 Å². The monoisotopic (exact) mass is 235 g/mol. The van der Waals surface area contributed by atoms with Gasteiger partial charge in [-0.3, -0.25) is 9.88 Å². The number of hydrogen-bond acceptors (Lipinski definition) is 4. The molecule has 1 atom stereocenters. The summed E-state index contributed by atoms with van der Waals surface area (Å²) in [5.74, 6) is 0. The van der Waals surface area contributed by atoms with E-state index in [2.05, 4.69) is 23.7 Å². The van der Waals surface area contributed by atoms with Crippen molar-refractivity contribution < 1.29 is 4.74 Å². The van der Waals surface area contributed by atoms with E-state index in [0.717, 1.165) is 48.8 Å². The molecular weight excluding hydrogens is 214 g/mol. The van der Waals surface area contributed by atoms with Crippen LogP contribution in [-0.4, -0.2) is 35.7 Å². The minimum absolute atomic E-state index is 0.451. The van der Waals surface area contributed by atoms with Crippen molar-refractivity contribution in [3.05, 3.63) is 23.0 Å². The second-order valence-corrected chi connectivity index (χ2v) is 4.82. The van der Waals surface area contributed by atoms with E-state index in [9.17, 15) is 0 Å². The third-order valence-electron chi connectivity index (χ3n) is 3.53. The van der Waals surface area contributed by atoms with Crippen LogP contribution in [0.25, 0.3) is 0 Å². The number of nitrogen functional groups attached to an aromatic ring is 1. The topological polar surface area (TPSA) is 51.4 Å². The number of nitrogens with two attached hydrogens (primary N) is 1. The first-order valence-electron chi connectivity index (χ1n) is 6.12. The van der Waals surface area contributed by atoms with Crippen LogP contribution in [0.2, 0.25) is 0 Å². The summed E-state index contributed by atoms with van der Waals surface area (Å²) in [4.78, 5) is 6.90. The van der Waals surface area contributed by atoms with E-state index < -0.39 is 0 Å². The Balaban J connectivity index is 2.15. The number of anilines is 1. The fourth-order valence-electron chi connectivity index (χ4n) is 2.14. The molecule has 1 fully saturated rings. The first-order chi connectivity index (χ1) is 8.09. The molecule has 0 aliphatic carbocycles. The summed E-state index contributed by atoms with van der Waals surface area (Å²) in [6.45, 7) is 9.68. The molecule has 2 N–H and O–H groups in total. The molecule has 0 aromatic carbocycles. The minimum Gasteiger partial charge on any atom is -0.398 e. The average molecular weight is 235 g/mol. The molecule has 94 valence electrons. The molecule has 0 amide bonds. The Morgan fingerprint density at radius 1 is 1.53 bits per heavy atom. The fraction of sp³-hybridized carbons (Fsp3) is 0.615. The lowest BCUT2D eigenvalue weighted by molar-refractivity contribution is -0.00498. The Bertz CT molecular complexity index is 406. The van der Waals surface area contributed by atoms with Gasteiger partial charge in [0, 0.05) is 31.0 Å². The summed E-state index contributed by atoms with van der Waals surface area (Å²) in [6, 6.07) is 0.451. The maximum absolute atomic E-state index is 6.04. The number of aryl methyl sites for hydroxylation is 1. The van der Waals surface area contributed by atoms with Crippen LogP contribution in [0.15, 0.2) is 6.20 Å². The summed E-state index contributed by atoms with van der Waals surface area (Å²) in [6.07, 6.45) is 1.86. The maximum Gasteiger partial charge on any atom is 0.0619 e. The molecule has 0 radical (unpaired) electrons. The van der Waals surface area contributed by atoms with Crippen LogP contribution < -0.4 is 5.73 Å². The molecule has 2 heterocycles. The highest BCUT2D eigenvalue weighted by molar-refractivity contribution is 5.53. The number of nitrogens with zero attached hydrogens (tertiary/aromatic N) is 2. The third kappa shape index (κ3) is 2.58. The van der Waals surface area contributed by atoms with Crippen LogP contribution in [0.4, 0.5) is 5.69 Å². The molecule has 1 saturated heterocycles. The standard InChI is InChI=1S/C13H21N3O/c1-9-6-15-12(11(3)13(9)14)7-16-4-5-17-8-10(16)2/h6,10H,4-5,7-8H2,1-3H3,(H2,14,15). The summed E-state index contributed by atoms with van der Waals surface area (Å²) in [5, 5.41) is 0. The normalized spacial score (nSPS) is 21.7. The first kappa shape index (κ1) is 12.3. The summed E-state index contributed by atoms with van der Waals surface area (Å²) in [7, 11) is 0. The maximum atomic E-state index is 6.04. The van der Waals surface area contributed by atoms with Crippen molar-refractivity contribution in [3.8, 4) is 0 Å². The minimum atomic E-state index is 0.451. The number of aromatic nitrogens is 1. The molecule has 4 nitrogen and oxygen atoms in total. The van der Waals surface area contributed by atoms with Gasteiger partial charge in [-0.1, -0.05) is 0 Å². The van der Waals surface area contributed by atoms with Crippen LogP contribution in [0.3, 0.4) is 0 Å². The van der Waals surface area contributed by atoms with Crippen molar-refractivity contribution >= 4 is 5.69 Å². The highest BCUT2D eigenvalue weighted by atomic mass is 16.5. The number of hydrogen-bond donors (Lipinski definition) is 1. The summed E-state index contributed by atoms with van der Waals surface area (Å²) >= 11 is 0. The molecule has 1 aliphatic rings. The number of pyridine rings is 1. The van der Waals surface area contributed by atoms with Crippen LogP contribution in [0.5, 0.6) is 0 Å². The number of ether oxygens (including phenoxy) is 1. The lowest BCUT2D eigenvalue weighted by Crippen LogP contribution is -2.43. The van der Waals surface area contributed by atoms with Crippen LogP contribution in [0, 0.1) is 13.8 Å². The van der Waals surface area contributed by atoms with E-state index in [1.807, 2.05) is 13.1 Å². The highest BCUT2D eigenvalue weighted by Crippen LogP contribution is 2.20. The molecule has 1 unspecified atom stereocenters. The van der Waals surface area contributed by atoms with Crippen molar-refractivity contribution in [1.29, 1.82) is 0 Å². The van der Waals surface area contributed by atoms with Gasteiger partial charge in [-0.05, 0) is 31.9 Å². The molecule has 2 rings (SSSR count). The smallest absolute Gasteiger partial charge is 0.0619 e. The Hall–Kier alpha value is -1.13. The zero-order valence-electron chi connectivity index (χ0n) is 10.9. The lowest BCUT2D eigenvalue weighted by Gasteiger charge is -2.33. The first-order valence-corrected chi connectivity index (χ1v) is 6.12. The van der Waals surface area contributed by atoms with Gasteiger partial charge in [-0.25, -0.2) is 0 Å². The number of morpholine rings is 1. The third-order valence-corrected chi connectivity index (χ3v) is 3.53. The Morgan fingerprint density at radius 2 is 2.29 bits per heavy atom. The van der Waals surface area contributed by atoms with Gasteiger partial charge >= 0.3 is 0 Å². The Labute approximate surface area is 103 Å². The SMILES string of the molecule is Cc1cnc(CN2CCOCC2C)c(C)c1N. The predicted octanol–water partition coefficient (Wildman–Crippen LogP) is 1.50. The molecule has 1 aliphatic heterocycles. The Morgan fingerprint density at radius 3 is 3.00 bits per heavy atom. The van der Waals surface area contributed by atoms with E-state index >= 15 is 0 Å². The fourth-order valence-corrected chi connectivity index (χ4v) is 2.14. The van der Waals surface area contributed by atoms with Crippen molar-refractivity contribution in [2.45, 2.75) is 33.4 Å². The van der Waals surface area contributed by atoms with E-state index in [0.29, 0.717) is 6.04 Å². The largest absolute Gasteiger partial charge is 0.398 e. The molecule has 1 aromatic rings. The van der Waals surface area contributed by atoms with Crippen molar-refractivity contribution in [2.75, 3.05) is 25.5 Å². The van der Waals surface area contributed by atoms with Crippen molar-refractivity contribution in [2.24, 2.45) is 0 Å². The quantitative estimate of drug-likeness (QED) is 0.844. The van der Waals surface area contributed by atoms with Crippen molar-refractivity contribution in [3.63, 3.8) is 0 Å². The van der Waals surface area contributed by atoms with Gasteiger partial charge in [-0.15, -0.1) is 0 Å². The molecule has 17 heavy (non-hydrogen) atoms. The van der Waals surface area contributed by atoms with E-state index in [-0.39, 0.29) is 0 Å². The molecule has 4 heteroatoms. The van der Waals surface area contributed by atoms with Crippen LogP contribution in [0.1, 0.15) is 23.7 Å². The van der Waals surface area contributed by atoms with Gasteiger partial charge in [0.1, 0.15) is 0 Å². The van der Waals surface area contributed by atoms with Gasteiger partial charge in [0.2, 0.25) is 0 Å². The highest BCUT2D eigenvalue weighted by Gasteiger charge is 2.20. The second-order valence-electron chi connectivity index (χ2n) is 4.82. The Kier molecular flexibility index (Phi) is 3.64. The lowest BCUT2D eigenvalue weighted by atomic mass is 10.1.